The summed E-state index contributed by atoms with van der Waals surface area (Å²) in [5.74, 6) is 1.26. The molecule has 2 aliphatic rings. The molecule has 0 unspecified atom stereocenters. The Labute approximate surface area is 206 Å². The molecule has 5 nitrogen and oxygen atoms in total. The Hall–Kier alpha value is -1.79. The second-order valence-corrected chi connectivity index (χ2v) is 9.88. The SMILES string of the molecule is COC(=O)c1ccccc1CN1CCC(CN2CCC(Oc3ccc(Cl)c(Cl)c3)CC2)CC1. The van der Waals surface area contributed by atoms with Crippen LogP contribution in [0.2, 0.25) is 10.0 Å². The molecule has 0 bridgehead atoms. The third-order valence-corrected chi connectivity index (χ3v) is 7.51. The molecule has 0 spiro atoms. The van der Waals surface area contributed by atoms with Crippen LogP contribution in [0.15, 0.2) is 42.5 Å². The molecular formula is C26H32Cl2N2O3. The van der Waals surface area contributed by atoms with Crippen molar-refractivity contribution in [2.24, 2.45) is 5.92 Å². The number of hydrogen-bond donors (Lipinski definition) is 0. The van der Waals surface area contributed by atoms with Gasteiger partial charge in [-0.2, -0.15) is 0 Å². The van der Waals surface area contributed by atoms with Crippen molar-refractivity contribution in [3.05, 3.63) is 63.6 Å². The van der Waals surface area contributed by atoms with E-state index in [1.807, 2.05) is 30.3 Å². The number of esters is 1. The van der Waals surface area contributed by atoms with Gasteiger partial charge in [0.25, 0.3) is 0 Å². The third kappa shape index (κ3) is 6.63. The standard InChI is InChI=1S/C26H32Cl2N2O3/c1-32-26(31)23-5-3-2-4-20(23)18-30-12-8-19(9-13-30)17-29-14-10-21(11-15-29)33-22-6-7-24(27)25(28)16-22/h2-7,16,19,21H,8-15,17-18H2,1H3. The molecule has 33 heavy (non-hydrogen) atoms. The summed E-state index contributed by atoms with van der Waals surface area (Å²) < 4.78 is 11.1. The maximum atomic E-state index is 12.0. The first-order valence-electron chi connectivity index (χ1n) is 11.7. The highest BCUT2D eigenvalue weighted by Crippen LogP contribution is 2.29. The van der Waals surface area contributed by atoms with Crippen LogP contribution >= 0.6 is 23.2 Å². The fraction of sp³-hybridized carbons (Fsp3) is 0.500. The van der Waals surface area contributed by atoms with Gasteiger partial charge in [0, 0.05) is 32.2 Å². The molecule has 2 fully saturated rings. The number of benzene rings is 2. The van der Waals surface area contributed by atoms with Crippen LogP contribution < -0.4 is 4.74 Å². The van der Waals surface area contributed by atoms with Crippen molar-refractivity contribution in [1.29, 1.82) is 0 Å². The summed E-state index contributed by atoms with van der Waals surface area (Å²) >= 11 is 12.1. The van der Waals surface area contributed by atoms with Gasteiger partial charge in [-0.1, -0.05) is 41.4 Å². The predicted octanol–water partition coefficient (Wildman–Crippen LogP) is 5.54. The molecule has 2 aromatic carbocycles. The first kappa shape index (κ1) is 24.3. The van der Waals surface area contributed by atoms with Gasteiger partial charge >= 0.3 is 5.97 Å². The lowest BCUT2D eigenvalue weighted by molar-refractivity contribution is 0.0596. The topological polar surface area (TPSA) is 42.0 Å². The largest absolute Gasteiger partial charge is 0.490 e. The average Bonchev–Trinajstić information content (AvgIpc) is 2.84. The third-order valence-electron chi connectivity index (χ3n) is 6.77. The average molecular weight is 491 g/mol. The van der Waals surface area contributed by atoms with Crippen LogP contribution in [-0.2, 0) is 11.3 Å². The predicted molar refractivity (Wildman–Crippen MR) is 132 cm³/mol. The van der Waals surface area contributed by atoms with Crippen LogP contribution in [0.1, 0.15) is 41.6 Å². The summed E-state index contributed by atoms with van der Waals surface area (Å²) in [6.07, 6.45) is 4.68. The molecule has 0 atom stereocenters. The van der Waals surface area contributed by atoms with Crippen LogP contribution in [-0.4, -0.2) is 61.7 Å². The molecule has 2 saturated heterocycles. The summed E-state index contributed by atoms with van der Waals surface area (Å²) in [5, 5.41) is 1.09. The van der Waals surface area contributed by atoms with Gasteiger partial charge in [0.2, 0.25) is 0 Å². The van der Waals surface area contributed by atoms with Crippen LogP contribution in [0.25, 0.3) is 0 Å². The van der Waals surface area contributed by atoms with Gasteiger partial charge in [-0.15, -0.1) is 0 Å². The number of methoxy groups -OCH3 is 1. The molecular weight excluding hydrogens is 459 g/mol. The van der Waals surface area contributed by atoms with Crippen LogP contribution in [0.5, 0.6) is 5.75 Å². The summed E-state index contributed by atoms with van der Waals surface area (Å²) in [7, 11) is 1.44. The maximum Gasteiger partial charge on any atom is 0.338 e. The van der Waals surface area contributed by atoms with E-state index in [0.717, 1.165) is 69.3 Å². The van der Waals surface area contributed by atoms with Crippen molar-refractivity contribution < 1.29 is 14.3 Å². The van der Waals surface area contributed by atoms with Gasteiger partial charge in [0.1, 0.15) is 11.9 Å². The Balaban J connectivity index is 1.19. The molecule has 0 N–H and O–H groups in total. The second-order valence-electron chi connectivity index (χ2n) is 9.06. The molecule has 0 saturated carbocycles. The molecule has 0 aromatic heterocycles. The fourth-order valence-electron chi connectivity index (χ4n) is 4.85. The lowest BCUT2D eigenvalue weighted by atomic mass is 9.94. The van der Waals surface area contributed by atoms with Crippen molar-refractivity contribution in [1.82, 2.24) is 9.80 Å². The lowest BCUT2D eigenvalue weighted by Gasteiger charge is -2.37. The van der Waals surface area contributed by atoms with E-state index in [2.05, 4.69) is 9.80 Å². The van der Waals surface area contributed by atoms with Crippen molar-refractivity contribution >= 4 is 29.2 Å². The molecule has 7 heteroatoms. The Morgan fingerprint density at radius 1 is 0.939 bits per heavy atom. The lowest BCUT2D eigenvalue weighted by Crippen LogP contribution is -2.43. The Morgan fingerprint density at radius 2 is 1.64 bits per heavy atom. The molecule has 0 radical (unpaired) electrons. The van der Waals surface area contributed by atoms with E-state index in [1.165, 1.54) is 20.0 Å². The highest BCUT2D eigenvalue weighted by Gasteiger charge is 2.26. The summed E-state index contributed by atoms with van der Waals surface area (Å²) in [6, 6.07) is 13.2. The minimum absolute atomic E-state index is 0.232. The van der Waals surface area contributed by atoms with Crippen molar-refractivity contribution in [3.8, 4) is 5.75 Å². The molecule has 178 valence electrons. The van der Waals surface area contributed by atoms with Crippen LogP contribution in [0.3, 0.4) is 0 Å². The summed E-state index contributed by atoms with van der Waals surface area (Å²) in [6.45, 7) is 6.23. The first-order valence-corrected chi connectivity index (χ1v) is 12.5. The summed E-state index contributed by atoms with van der Waals surface area (Å²) in [4.78, 5) is 17.1. The monoisotopic (exact) mass is 490 g/mol. The smallest absolute Gasteiger partial charge is 0.338 e. The zero-order valence-corrected chi connectivity index (χ0v) is 20.7. The number of nitrogens with zero attached hydrogens (tertiary/aromatic N) is 2. The summed E-state index contributed by atoms with van der Waals surface area (Å²) in [5.41, 5.74) is 1.72. The maximum absolute atomic E-state index is 12.0. The van der Waals surface area contributed by atoms with Crippen LogP contribution in [0, 0.1) is 5.92 Å². The normalized spacial score (nSPS) is 18.9. The zero-order valence-electron chi connectivity index (χ0n) is 19.1. The fourth-order valence-corrected chi connectivity index (χ4v) is 5.14. The van der Waals surface area contributed by atoms with E-state index in [4.69, 9.17) is 32.7 Å². The van der Waals surface area contributed by atoms with E-state index in [1.54, 1.807) is 12.1 Å². The zero-order chi connectivity index (χ0) is 23.2. The van der Waals surface area contributed by atoms with E-state index in [-0.39, 0.29) is 12.1 Å². The molecule has 4 rings (SSSR count). The van der Waals surface area contributed by atoms with Gasteiger partial charge in [-0.05, 0) is 68.5 Å². The number of rotatable bonds is 7. The number of halogens is 2. The number of ether oxygens (including phenoxy) is 2. The highest BCUT2D eigenvalue weighted by atomic mass is 35.5. The minimum atomic E-state index is -0.257. The number of hydrogen-bond acceptors (Lipinski definition) is 5. The second kappa shape index (κ2) is 11.6. The van der Waals surface area contributed by atoms with Crippen molar-refractivity contribution in [3.63, 3.8) is 0 Å². The van der Waals surface area contributed by atoms with Gasteiger partial charge in [-0.25, -0.2) is 4.79 Å². The number of carbonyl (C=O) groups is 1. The first-order chi connectivity index (χ1) is 16.0. The molecule has 2 aromatic rings. The Morgan fingerprint density at radius 3 is 2.33 bits per heavy atom. The highest BCUT2D eigenvalue weighted by molar-refractivity contribution is 6.42. The van der Waals surface area contributed by atoms with Crippen LogP contribution in [0.4, 0.5) is 0 Å². The van der Waals surface area contributed by atoms with E-state index in [9.17, 15) is 4.79 Å². The minimum Gasteiger partial charge on any atom is -0.490 e. The van der Waals surface area contributed by atoms with Gasteiger partial charge < -0.3 is 14.4 Å². The molecule has 0 aliphatic carbocycles. The number of likely N-dealkylation sites (tertiary alicyclic amines) is 2. The van der Waals surface area contributed by atoms with E-state index < -0.39 is 0 Å². The van der Waals surface area contributed by atoms with E-state index >= 15 is 0 Å². The molecule has 0 amide bonds. The molecule has 2 aliphatic heterocycles. The number of piperidine rings is 2. The van der Waals surface area contributed by atoms with Gasteiger partial charge in [-0.3, -0.25) is 4.90 Å². The quantitative estimate of drug-likeness (QED) is 0.476. The number of carbonyl (C=O) groups excluding carboxylic acids is 1. The van der Waals surface area contributed by atoms with Crippen molar-refractivity contribution in [2.45, 2.75) is 38.3 Å². The molecule has 2 heterocycles. The van der Waals surface area contributed by atoms with Gasteiger partial charge in [0.05, 0.1) is 22.7 Å². The van der Waals surface area contributed by atoms with E-state index in [0.29, 0.717) is 15.6 Å². The Kier molecular flexibility index (Phi) is 8.53. The van der Waals surface area contributed by atoms with Gasteiger partial charge in [0.15, 0.2) is 0 Å². The van der Waals surface area contributed by atoms with Crippen molar-refractivity contribution in [2.75, 3.05) is 39.8 Å². The Bertz CT molecular complexity index is 939.